The van der Waals surface area contributed by atoms with E-state index < -0.39 is 11.6 Å². The average Bonchev–Trinajstić information content (AvgIpc) is 2.76. The molecule has 0 unspecified atom stereocenters. The number of hydrogen-bond acceptors (Lipinski definition) is 2. The van der Waals surface area contributed by atoms with Gasteiger partial charge >= 0.3 is 0 Å². The number of ketones is 2. The van der Waals surface area contributed by atoms with Crippen LogP contribution in [-0.4, -0.2) is 11.6 Å². The molecule has 0 bridgehead atoms. The van der Waals surface area contributed by atoms with Crippen molar-refractivity contribution in [3.05, 3.63) is 71.8 Å². The normalized spacial score (nSPS) is 13.2. The Morgan fingerprint density at radius 1 is 0.550 bits per heavy atom. The van der Waals surface area contributed by atoms with Gasteiger partial charge < -0.3 is 0 Å². The van der Waals surface area contributed by atoms with Gasteiger partial charge in [0.25, 0.3) is 0 Å². The van der Waals surface area contributed by atoms with Crippen LogP contribution in [0.5, 0.6) is 0 Å². The van der Waals surface area contributed by atoms with Crippen LogP contribution in [0.15, 0.2) is 60.7 Å². The molecule has 3 aromatic rings. The second-order valence-corrected chi connectivity index (χ2v) is 4.91. The zero-order chi connectivity index (χ0) is 13.7. The van der Waals surface area contributed by atoms with Crippen molar-refractivity contribution in [2.45, 2.75) is 0 Å². The van der Waals surface area contributed by atoms with Gasteiger partial charge in [0, 0.05) is 16.5 Å². The third kappa shape index (κ3) is 1.33. The molecule has 0 spiro atoms. The summed E-state index contributed by atoms with van der Waals surface area (Å²) in [5, 5.41) is 1.76. The topological polar surface area (TPSA) is 34.1 Å². The highest BCUT2D eigenvalue weighted by atomic mass is 16.2. The van der Waals surface area contributed by atoms with Crippen LogP contribution in [0.4, 0.5) is 0 Å². The molecule has 4 rings (SSSR count). The highest BCUT2D eigenvalue weighted by Gasteiger charge is 2.31. The molecule has 94 valence electrons. The number of rotatable bonds is 1. The maximum Gasteiger partial charge on any atom is 0.234 e. The molecule has 2 nitrogen and oxygen atoms in total. The molecular formula is C18H10O2. The summed E-state index contributed by atoms with van der Waals surface area (Å²) >= 11 is 0. The van der Waals surface area contributed by atoms with Crippen molar-refractivity contribution in [2.75, 3.05) is 0 Å². The van der Waals surface area contributed by atoms with Crippen molar-refractivity contribution < 1.29 is 9.59 Å². The molecule has 1 aliphatic rings. The lowest BCUT2D eigenvalue weighted by molar-refractivity contribution is 0.0825. The summed E-state index contributed by atoms with van der Waals surface area (Å²) < 4.78 is 0. The lowest BCUT2D eigenvalue weighted by atomic mass is 9.95. The van der Waals surface area contributed by atoms with Crippen molar-refractivity contribution in [3.8, 4) is 11.1 Å². The number of hydrogen-bond donors (Lipinski definition) is 0. The van der Waals surface area contributed by atoms with Crippen molar-refractivity contribution in [1.29, 1.82) is 0 Å². The summed E-state index contributed by atoms with van der Waals surface area (Å²) in [6, 6.07) is 19.2. The fourth-order valence-corrected chi connectivity index (χ4v) is 2.90. The fraction of sp³-hybridized carbons (Fsp3) is 0. The Bertz CT molecular complexity index is 856. The Kier molecular flexibility index (Phi) is 2.15. The molecule has 0 amide bonds. The molecule has 0 saturated heterocycles. The molecule has 0 radical (unpaired) electrons. The van der Waals surface area contributed by atoms with E-state index in [0.717, 1.165) is 21.9 Å². The summed E-state index contributed by atoms with van der Waals surface area (Å²) in [6.07, 6.45) is 0. The maximum atomic E-state index is 12.0. The molecule has 0 saturated carbocycles. The van der Waals surface area contributed by atoms with Crippen LogP contribution in [0.1, 0.15) is 20.7 Å². The van der Waals surface area contributed by atoms with Gasteiger partial charge in [-0.3, -0.25) is 9.59 Å². The van der Waals surface area contributed by atoms with Gasteiger partial charge in [-0.2, -0.15) is 0 Å². The quantitative estimate of drug-likeness (QED) is 0.620. The molecule has 0 fully saturated rings. The summed E-state index contributed by atoms with van der Waals surface area (Å²) in [7, 11) is 0. The SMILES string of the molecule is O=C1C(=O)c2ccc(-c3ccccc3)c3cccc1c23. The van der Waals surface area contributed by atoms with Crippen molar-refractivity contribution in [3.63, 3.8) is 0 Å². The summed E-state index contributed by atoms with van der Waals surface area (Å²) in [6.45, 7) is 0. The molecular weight excluding hydrogens is 248 g/mol. The first-order valence-corrected chi connectivity index (χ1v) is 6.47. The van der Waals surface area contributed by atoms with Gasteiger partial charge in [0.2, 0.25) is 11.6 Å². The van der Waals surface area contributed by atoms with Crippen LogP contribution >= 0.6 is 0 Å². The summed E-state index contributed by atoms with van der Waals surface area (Å²) in [4.78, 5) is 24.0. The lowest BCUT2D eigenvalue weighted by Crippen LogP contribution is -2.05. The van der Waals surface area contributed by atoms with Gasteiger partial charge in [-0.25, -0.2) is 0 Å². The molecule has 2 heteroatoms. The fourth-order valence-electron chi connectivity index (χ4n) is 2.90. The number of carbonyl (C=O) groups is 2. The minimum absolute atomic E-state index is 0.393. The van der Waals surface area contributed by atoms with Crippen LogP contribution in [0, 0.1) is 0 Å². The maximum absolute atomic E-state index is 12.0. The predicted octanol–water partition coefficient (Wildman–Crippen LogP) is 3.89. The van der Waals surface area contributed by atoms with Gasteiger partial charge in [-0.05, 0) is 22.6 Å². The number of benzene rings is 3. The first-order chi connectivity index (χ1) is 9.77. The first-order valence-electron chi connectivity index (χ1n) is 6.47. The zero-order valence-electron chi connectivity index (χ0n) is 10.6. The van der Waals surface area contributed by atoms with E-state index in [2.05, 4.69) is 0 Å². The Morgan fingerprint density at radius 3 is 1.95 bits per heavy atom. The second-order valence-electron chi connectivity index (χ2n) is 4.91. The Labute approximate surface area is 115 Å². The zero-order valence-corrected chi connectivity index (χ0v) is 10.6. The molecule has 0 heterocycles. The van der Waals surface area contributed by atoms with E-state index in [1.54, 1.807) is 12.1 Å². The molecule has 0 N–H and O–H groups in total. The van der Waals surface area contributed by atoms with E-state index in [-0.39, 0.29) is 0 Å². The van der Waals surface area contributed by atoms with E-state index in [9.17, 15) is 9.59 Å². The second kappa shape index (κ2) is 3.87. The van der Waals surface area contributed by atoms with Crippen LogP contribution in [0.25, 0.3) is 21.9 Å². The molecule has 3 aromatic carbocycles. The molecule has 20 heavy (non-hydrogen) atoms. The number of Topliss-reactive ketones (excluding diaryl/α,β-unsaturated/α-hetero) is 2. The highest BCUT2D eigenvalue weighted by Crippen LogP contribution is 2.36. The van der Waals surface area contributed by atoms with Crippen molar-refractivity contribution >= 4 is 22.3 Å². The van der Waals surface area contributed by atoms with Crippen LogP contribution in [-0.2, 0) is 0 Å². The molecule has 0 aromatic heterocycles. The van der Waals surface area contributed by atoms with Crippen LogP contribution < -0.4 is 0 Å². The van der Waals surface area contributed by atoms with E-state index in [1.165, 1.54) is 0 Å². The van der Waals surface area contributed by atoms with E-state index in [4.69, 9.17) is 0 Å². The smallest absolute Gasteiger partial charge is 0.234 e. The van der Waals surface area contributed by atoms with E-state index in [1.807, 2.05) is 48.5 Å². The Morgan fingerprint density at radius 2 is 1.20 bits per heavy atom. The third-order valence-electron chi connectivity index (χ3n) is 3.82. The Balaban J connectivity index is 2.14. The molecule has 0 aliphatic heterocycles. The standard InChI is InChI=1S/C18H10O2/c19-17-14-8-4-7-13-12(11-5-2-1-3-6-11)9-10-15(16(13)14)18(17)20/h1-10H. The van der Waals surface area contributed by atoms with Crippen LogP contribution in [0.3, 0.4) is 0 Å². The van der Waals surface area contributed by atoms with Gasteiger partial charge in [0.05, 0.1) is 0 Å². The van der Waals surface area contributed by atoms with Gasteiger partial charge in [-0.15, -0.1) is 0 Å². The number of carbonyl (C=O) groups excluding carboxylic acids is 2. The largest absolute Gasteiger partial charge is 0.285 e. The van der Waals surface area contributed by atoms with E-state index in [0.29, 0.717) is 11.1 Å². The van der Waals surface area contributed by atoms with Gasteiger partial charge in [0.15, 0.2) is 0 Å². The van der Waals surface area contributed by atoms with Gasteiger partial charge in [0.1, 0.15) is 0 Å². The Hall–Kier alpha value is -2.74. The van der Waals surface area contributed by atoms with Crippen LogP contribution in [0.2, 0.25) is 0 Å². The van der Waals surface area contributed by atoms with Gasteiger partial charge in [-0.1, -0.05) is 54.6 Å². The average molecular weight is 258 g/mol. The lowest BCUT2D eigenvalue weighted by Gasteiger charge is -2.08. The highest BCUT2D eigenvalue weighted by molar-refractivity contribution is 6.57. The summed E-state index contributed by atoms with van der Waals surface area (Å²) in [5.41, 5.74) is 3.19. The van der Waals surface area contributed by atoms with Crippen molar-refractivity contribution in [2.24, 2.45) is 0 Å². The monoisotopic (exact) mass is 258 g/mol. The minimum atomic E-state index is -0.393. The molecule has 1 aliphatic carbocycles. The first kappa shape index (κ1) is 11.1. The van der Waals surface area contributed by atoms with E-state index >= 15 is 0 Å². The predicted molar refractivity (Wildman–Crippen MR) is 78.0 cm³/mol. The van der Waals surface area contributed by atoms with Crippen molar-refractivity contribution in [1.82, 2.24) is 0 Å². The molecule has 0 atom stereocenters. The summed E-state index contributed by atoms with van der Waals surface area (Å²) in [5.74, 6) is -0.786. The minimum Gasteiger partial charge on any atom is -0.285 e. The third-order valence-corrected chi connectivity index (χ3v) is 3.82.